The first-order valence-electron chi connectivity index (χ1n) is 7.00. The van der Waals surface area contributed by atoms with E-state index >= 15 is 0 Å². The second kappa shape index (κ2) is 9.52. The zero-order valence-electron chi connectivity index (χ0n) is 12.9. The number of hydrogen-bond donors (Lipinski definition) is 2. The van der Waals surface area contributed by atoms with Gasteiger partial charge in [0.25, 0.3) is 0 Å². The minimum Gasteiger partial charge on any atom is -0.453 e. The van der Waals surface area contributed by atoms with Crippen molar-refractivity contribution in [3.63, 3.8) is 0 Å². The summed E-state index contributed by atoms with van der Waals surface area (Å²) in [5, 5.41) is 4.76. The number of aromatic nitrogens is 1. The Morgan fingerprint density at radius 2 is 2.21 bits per heavy atom. The molecule has 0 saturated heterocycles. The first-order chi connectivity index (χ1) is 11.6. The van der Waals surface area contributed by atoms with Gasteiger partial charge in [-0.25, -0.2) is 13.0 Å². The van der Waals surface area contributed by atoms with E-state index in [2.05, 4.69) is 13.7 Å². The first-order valence-corrected chi connectivity index (χ1v) is 8.90. The molecule has 9 heteroatoms. The van der Waals surface area contributed by atoms with Crippen LogP contribution in [0.2, 0.25) is 0 Å². The lowest BCUT2D eigenvalue weighted by atomic mass is 10.3. The molecule has 128 valence electrons. The number of nitrogens with two attached hydrogens (primary N) is 1. The molecule has 0 radical (unpaired) electrons. The van der Waals surface area contributed by atoms with Gasteiger partial charge in [0.15, 0.2) is 16.7 Å². The molecular formula is C15H17FIN5OS. The SMILES string of the molecule is CN(CCF)/C(=N\NI)Sc1cnc(N)c(Oc2ccccc2)c1. The molecule has 1 aromatic heterocycles. The van der Waals surface area contributed by atoms with Crippen LogP contribution in [0.3, 0.4) is 0 Å². The zero-order chi connectivity index (χ0) is 17.4. The maximum absolute atomic E-state index is 12.6. The molecule has 0 atom stereocenters. The number of nitrogen functional groups attached to an aromatic ring is 1. The molecule has 1 heterocycles. The molecule has 6 nitrogen and oxygen atoms in total. The number of halogens is 2. The number of thioether (sulfide) groups is 1. The summed E-state index contributed by atoms with van der Waals surface area (Å²) in [5.74, 6) is 1.43. The van der Waals surface area contributed by atoms with Crippen LogP contribution >= 0.6 is 34.6 Å². The van der Waals surface area contributed by atoms with Crippen molar-refractivity contribution in [1.82, 2.24) is 13.5 Å². The third kappa shape index (κ3) is 5.41. The van der Waals surface area contributed by atoms with Crippen LogP contribution in [0.5, 0.6) is 11.5 Å². The highest BCUT2D eigenvalue weighted by atomic mass is 127. The van der Waals surface area contributed by atoms with Crippen LogP contribution in [0.25, 0.3) is 0 Å². The van der Waals surface area contributed by atoms with Gasteiger partial charge >= 0.3 is 0 Å². The van der Waals surface area contributed by atoms with Crippen LogP contribution < -0.4 is 14.1 Å². The van der Waals surface area contributed by atoms with Crippen LogP contribution in [0.4, 0.5) is 10.2 Å². The number of anilines is 1. The maximum Gasteiger partial charge on any atom is 0.188 e. The largest absolute Gasteiger partial charge is 0.453 e. The molecule has 2 rings (SSSR count). The number of pyridine rings is 1. The van der Waals surface area contributed by atoms with E-state index < -0.39 is 6.67 Å². The molecular weight excluding hydrogens is 444 g/mol. The van der Waals surface area contributed by atoms with Crippen molar-refractivity contribution in [2.75, 3.05) is 26.0 Å². The van der Waals surface area contributed by atoms with E-state index in [1.54, 1.807) is 24.2 Å². The van der Waals surface area contributed by atoms with Crippen LogP contribution in [0, 0.1) is 0 Å². The summed E-state index contributed by atoms with van der Waals surface area (Å²) in [7, 11) is 1.77. The Bertz CT molecular complexity index is 689. The Morgan fingerprint density at radius 1 is 1.46 bits per heavy atom. The van der Waals surface area contributed by atoms with Gasteiger partial charge in [0.1, 0.15) is 12.4 Å². The van der Waals surface area contributed by atoms with Crippen LogP contribution in [-0.4, -0.2) is 35.3 Å². The number of benzene rings is 1. The molecule has 0 unspecified atom stereocenters. The summed E-state index contributed by atoms with van der Waals surface area (Å²) in [6, 6.07) is 11.1. The molecule has 0 bridgehead atoms. The number of hydrazone groups is 1. The highest BCUT2D eigenvalue weighted by Crippen LogP contribution is 2.31. The fourth-order valence-electron chi connectivity index (χ4n) is 1.74. The van der Waals surface area contributed by atoms with Crippen molar-refractivity contribution >= 4 is 45.6 Å². The Kier molecular flexibility index (Phi) is 7.37. The highest BCUT2D eigenvalue weighted by Gasteiger charge is 2.12. The van der Waals surface area contributed by atoms with Gasteiger partial charge in [-0.2, -0.15) is 0 Å². The first kappa shape index (κ1) is 18.6. The minimum absolute atomic E-state index is 0.250. The fraction of sp³-hybridized carbons (Fsp3) is 0.200. The Hall–Kier alpha value is -1.75. The fourth-order valence-corrected chi connectivity index (χ4v) is 2.95. The second-order valence-corrected chi connectivity index (χ2v) is 6.18. The summed E-state index contributed by atoms with van der Waals surface area (Å²) >= 11 is 3.24. The van der Waals surface area contributed by atoms with Gasteiger partial charge in [-0.1, -0.05) is 18.2 Å². The molecule has 0 aliphatic carbocycles. The average molecular weight is 461 g/mol. The molecule has 0 fully saturated rings. The smallest absolute Gasteiger partial charge is 0.188 e. The van der Waals surface area contributed by atoms with E-state index in [1.807, 2.05) is 53.2 Å². The summed E-state index contributed by atoms with van der Waals surface area (Å²) in [6.07, 6.45) is 1.63. The summed E-state index contributed by atoms with van der Waals surface area (Å²) in [4.78, 5) is 6.65. The number of ether oxygens (including phenoxy) is 1. The Morgan fingerprint density at radius 3 is 2.88 bits per heavy atom. The molecule has 0 amide bonds. The highest BCUT2D eigenvalue weighted by molar-refractivity contribution is 14.1. The van der Waals surface area contributed by atoms with E-state index in [0.29, 0.717) is 22.5 Å². The van der Waals surface area contributed by atoms with Gasteiger partial charge in [-0.15, -0.1) is 5.10 Å². The van der Waals surface area contributed by atoms with Gasteiger partial charge < -0.3 is 15.4 Å². The Labute approximate surface area is 158 Å². The Balaban J connectivity index is 2.19. The second-order valence-electron chi connectivity index (χ2n) is 4.66. The number of para-hydroxylation sites is 1. The maximum atomic E-state index is 12.6. The molecule has 0 aliphatic rings. The molecule has 3 N–H and O–H groups in total. The lowest BCUT2D eigenvalue weighted by Crippen LogP contribution is -2.27. The minimum atomic E-state index is -0.459. The van der Waals surface area contributed by atoms with E-state index in [4.69, 9.17) is 10.5 Å². The van der Waals surface area contributed by atoms with E-state index in [-0.39, 0.29) is 6.54 Å². The third-order valence-electron chi connectivity index (χ3n) is 2.92. The van der Waals surface area contributed by atoms with Gasteiger partial charge in [-0.3, -0.25) is 0 Å². The number of nitrogens with one attached hydrogen (secondary N) is 1. The molecule has 0 spiro atoms. The lowest BCUT2D eigenvalue weighted by Gasteiger charge is -2.18. The van der Waals surface area contributed by atoms with E-state index in [9.17, 15) is 4.39 Å². The predicted octanol–water partition coefficient (Wildman–Crippen LogP) is 3.66. The van der Waals surface area contributed by atoms with Gasteiger partial charge in [0, 0.05) is 30.8 Å². The standard InChI is InChI=1S/C15H17FIN5OS/c1-22(8-7-16)15(20-21-17)24-12-9-13(14(18)19-10-12)23-11-5-3-2-4-6-11/h2-6,9-10,21H,7-8H2,1H3,(H2,18,19)/b20-15+. The van der Waals surface area contributed by atoms with Gasteiger partial charge in [0.05, 0.1) is 22.9 Å². The topological polar surface area (TPSA) is 75.8 Å². The summed E-state index contributed by atoms with van der Waals surface area (Å²) in [5.41, 5.74) is 5.89. The molecule has 0 saturated carbocycles. The summed E-state index contributed by atoms with van der Waals surface area (Å²) in [6.45, 7) is -0.209. The van der Waals surface area contributed by atoms with Crippen molar-refractivity contribution in [3.8, 4) is 11.5 Å². The quantitative estimate of drug-likeness (QED) is 0.171. The summed E-state index contributed by atoms with van der Waals surface area (Å²) < 4.78 is 21.0. The van der Waals surface area contributed by atoms with Crippen LogP contribution in [0.15, 0.2) is 52.6 Å². The number of alkyl halides is 1. The van der Waals surface area contributed by atoms with Crippen molar-refractivity contribution in [3.05, 3.63) is 42.6 Å². The molecule has 1 aromatic carbocycles. The monoisotopic (exact) mass is 461 g/mol. The third-order valence-corrected chi connectivity index (χ3v) is 4.21. The van der Waals surface area contributed by atoms with E-state index in [1.165, 1.54) is 11.8 Å². The van der Waals surface area contributed by atoms with Crippen LogP contribution in [-0.2, 0) is 0 Å². The van der Waals surface area contributed by atoms with Gasteiger partial charge in [0.2, 0.25) is 0 Å². The number of nitrogens with zero attached hydrogens (tertiary/aromatic N) is 3. The van der Waals surface area contributed by atoms with Gasteiger partial charge in [-0.05, 0) is 23.9 Å². The lowest BCUT2D eigenvalue weighted by molar-refractivity contribution is 0.399. The number of amidine groups is 1. The van der Waals surface area contributed by atoms with Crippen LogP contribution in [0.1, 0.15) is 0 Å². The van der Waals surface area contributed by atoms with Crippen molar-refractivity contribution in [2.24, 2.45) is 5.10 Å². The predicted molar refractivity (Wildman–Crippen MR) is 104 cm³/mol. The number of hydrogen-bond acceptors (Lipinski definition) is 6. The van der Waals surface area contributed by atoms with Crippen molar-refractivity contribution < 1.29 is 9.13 Å². The normalized spacial score (nSPS) is 11.2. The molecule has 2 aromatic rings. The number of rotatable bonds is 6. The molecule has 0 aliphatic heterocycles. The zero-order valence-corrected chi connectivity index (χ0v) is 15.9. The van der Waals surface area contributed by atoms with Crippen molar-refractivity contribution in [1.29, 1.82) is 0 Å². The average Bonchev–Trinajstić information content (AvgIpc) is 2.58. The van der Waals surface area contributed by atoms with Crippen molar-refractivity contribution in [2.45, 2.75) is 4.90 Å². The molecule has 24 heavy (non-hydrogen) atoms. The van der Waals surface area contributed by atoms with E-state index in [0.717, 1.165) is 4.90 Å².